The summed E-state index contributed by atoms with van der Waals surface area (Å²) >= 11 is 0.693. The van der Waals surface area contributed by atoms with Crippen LogP contribution >= 0.6 is 11.3 Å². The lowest BCUT2D eigenvalue weighted by molar-refractivity contribution is 0.0687. The fourth-order valence-corrected chi connectivity index (χ4v) is 3.32. The number of carbonyl (C=O) groups is 1. The second kappa shape index (κ2) is 5.09. The number of anilines is 1. The molecule has 0 aromatic carbocycles. The molecule has 0 spiro atoms. The van der Waals surface area contributed by atoms with Crippen LogP contribution in [0.3, 0.4) is 0 Å². The highest BCUT2D eigenvalue weighted by Gasteiger charge is 2.26. The van der Waals surface area contributed by atoms with Gasteiger partial charge in [-0.05, 0) is 13.8 Å². The lowest BCUT2D eigenvalue weighted by atomic mass is 10.4. The Balaban J connectivity index is 2.38. The van der Waals surface area contributed by atoms with Gasteiger partial charge in [-0.1, -0.05) is 0 Å². The van der Waals surface area contributed by atoms with Crippen LogP contribution in [0, 0.1) is 13.8 Å². The number of nitrogens with zero attached hydrogens (tertiary/aromatic N) is 4. The Morgan fingerprint density at radius 2 is 2.00 bits per heavy atom. The van der Waals surface area contributed by atoms with Gasteiger partial charge < -0.3 is 5.11 Å². The molecule has 0 radical (unpaired) electrons. The molecule has 2 heterocycles. The lowest BCUT2D eigenvalue weighted by Gasteiger charge is -2.05. The first-order valence-corrected chi connectivity index (χ1v) is 7.55. The zero-order valence-electron chi connectivity index (χ0n) is 10.4. The first-order valence-electron chi connectivity index (χ1n) is 5.19. The van der Waals surface area contributed by atoms with E-state index in [4.69, 9.17) is 5.11 Å². The molecule has 0 fully saturated rings. The van der Waals surface area contributed by atoms with Crippen molar-refractivity contribution in [3.8, 4) is 0 Å². The van der Waals surface area contributed by atoms with Gasteiger partial charge in [0.15, 0.2) is 9.90 Å². The van der Waals surface area contributed by atoms with Gasteiger partial charge >= 0.3 is 5.97 Å². The number of sulfonamides is 1. The van der Waals surface area contributed by atoms with E-state index in [1.165, 1.54) is 0 Å². The average Bonchev–Trinajstić information content (AvgIpc) is 2.83. The van der Waals surface area contributed by atoms with Crippen LogP contribution in [0.1, 0.15) is 21.9 Å². The van der Waals surface area contributed by atoms with Crippen molar-refractivity contribution >= 4 is 33.3 Å². The van der Waals surface area contributed by atoms with E-state index in [-0.39, 0.29) is 5.95 Å². The Morgan fingerprint density at radius 3 is 2.60 bits per heavy atom. The third kappa shape index (κ3) is 2.72. The number of hydrogen-bond donors (Lipinski definition) is 2. The molecule has 11 heteroatoms. The normalized spacial score (nSPS) is 11.3. The zero-order chi connectivity index (χ0) is 14.9. The molecule has 0 aliphatic carbocycles. The van der Waals surface area contributed by atoms with Crippen molar-refractivity contribution in [2.24, 2.45) is 0 Å². The van der Waals surface area contributed by atoms with Crippen molar-refractivity contribution < 1.29 is 18.3 Å². The van der Waals surface area contributed by atoms with E-state index in [9.17, 15) is 13.2 Å². The number of hydrogen-bond acceptors (Lipinski definition) is 8. The molecule has 2 aromatic rings. The molecule has 0 bridgehead atoms. The molecule has 0 unspecified atom stereocenters. The maximum Gasteiger partial charge on any atom is 0.356 e. The number of aryl methyl sites for hydroxylation is 2. The minimum absolute atomic E-state index is 0.224. The number of carboxylic acids is 1. The van der Waals surface area contributed by atoms with Gasteiger partial charge in [0.1, 0.15) is 0 Å². The predicted octanol–water partition coefficient (Wildman–Crippen LogP) is 0.444. The van der Waals surface area contributed by atoms with Gasteiger partial charge in [0, 0.05) is 0 Å². The van der Waals surface area contributed by atoms with Crippen LogP contribution < -0.4 is 4.72 Å². The second-order valence-corrected chi connectivity index (χ2v) is 6.44. The molecule has 9 nitrogen and oxygen atoms in total. The number of nitrogens with one attached hydrogen (secondary N) is 1. The zero-order valence-corrected chi connectivity index (χ0v) is 12.0. The predicted molar refractivity (Wildman–Crippen MR) is 69.2 cm³/mol. The van der Waals surface area contributed by atoms with Crippen LogP contribution in [0.4, 0.5) is 5.95 Å². The van der Waals surface area contributed by atoms with E-state index < -0.39 is 25.9 Å². The maximum absolute atomic E-state index is 12.1. The summed E-state index contributed by atoms with van der Waals surface area (Å²) in [5.41, 5.74) is 1.68. The van der Waals surface area contributed by atoms with E-state index in [0.717, 1.165) is 5.51 Å². The maximum atomic E-state index is 12.1. The van der Waals surface area contributed by atoms with Crippen LogP contribution in [0.2, 0.25) is 0 Å². The highest BCUT2D eigenvalue weighted by atomic mass is 32.2. The second-order valence-electron chi connectivity index (χ2n) is 3.71. The topological polar surface area (TPSA) is 135 Å². The molecule has 0 amide bonds. The van der Waals surface area contributed by atoms with E-state index in [1.807, 2.05) is 0 Å². The summed E-state index contributed by atoms with van der Waals surface area (Å²) in [5, 5.41) is 16.2. The molecule has 2 aromatic heterocycles. The number of aromatic nitrogens is 4. The van der Waals surface area contributed by atoms with Crippen molar-refractivity contribution in [3.05, 3.63) is 22.6 Å². The summed E-state index contributed by atoms with van der Waals surface area (Å²) in [6.07, 6.45) is 0. The quantitative estimate of drug-likeness (QED) is 0.829. The average molecular weight is 315 g/mol. The van der Waals surface area contributed by atoms with Crippen molar-refractivity contribution in [2.75, 3.05) is 4.72 Å². The molecule has 106 valence electrons. The van der Waals surface area contributed by atoms with Gasteiger partial charge in [-0.2, -0.15) is 5.10 Å². The molecule has 2 rings (SSSR count). The molecule has 0 atom stereocenters. The minimum atomic E-state index is -4.12. The number of rotatable bonds is 4. The van der Waals surface area contributed by atoms with Gasteiger partial charge in [0.25, 0.3) is 16.0 Å². The van der Waals surface area contributed by atoms with Gasteiger partial charge in [-0.25, -0.2) is 27.9 Å². The van der Waals surface area contributed by atoms with E-state index in [0.29, 0.717) is 22.7 Å². The highest BCUT2D eigenvalue weighted by molar-refractivity contribution is 7.94. The van der Waals surface area contributed by atoms with E-state index in [2.05, 4.69) is 24.9 Å². The third-order valence-corrected chi connectivity index (χ3v) is 5.00. The van der Waals surface area contributed by atoms with Gasteiger partial charge in [-0.15, -0.1) is 16.4 Å². The highest BCUT2D eigenvalue weighted by Crippen LogP contribution is 2.22. The lowest BCUT2D eigenvalue weighted by Crippen LogP contribution is -2.18. The summed E-state index contributed by atoms with van der Waals surface area (Å²) in [5.74, 6) is -1.65. The van der Waals surface area contributed by atoms with Crippen LogP contribution in [-0.2, 0) is 10.0 Å². The molecule has 0 saturated carbocycles. The van der Waals surface area contributed by atoms with Crippen LogP contribution in [0.25, 0.3) is 0 Å². The van der Waals surface area contributed by atoms with Gasteiger partial charge in [0.05, 0.1) is 16.9 Å². The largest absolute Gasteiger partial charge is 0.476 e. The summed E-state index contributed by atoms with van der Waals surface area (Å²) in [7, 11) is -4.12. The van der Waals surface area contributed by atoms with E-state index >= 15 is 0 Å². The number of aromatic carboxylic acids is 1. The summed E-state index contributed by atoms with van der Waals surface area (Å²) in [6, 6.07) is 0. The summed E-state index contributed by atoms with van der Waals surface area (Å²) in [4.78, 5) is 18.3. The first-order chi connectivity index (χ1) is 9.31. The fraction of sp³-hybridized carbons (Fsp3) is 0.222. The Labute approximate surface area is 117 Å². The van der Waals surface area contributed by atoms with Crippen LogP contribution in [0.15, 0.2) is 9.72 Å². The smallest absolute Gasteiger partial charge is 0.356 e. The molecule has 0 aliphatic heterocycles. The number of carboxylic acid groups (broad SMARTS) is 1. The fourth-order valence-electron chi connectivity index (χ4n) is 1.24. The Morgan fingerprint density at radius 1 is 1.30 bits per heavy atom. The van der Waals surface area contributed by atoms with Crippen molar-refractivity contribution in [1.29, 1.82) is 0 Å². The monoisotopic (exact) mass is 315 g/mol. The molecule has 20 heavy (non-hydrogen) atoms. The van der Waals surface area contributed by atoms with Gasteiger partial charge in [0.2, 0.25) is 0 Å². The minimum Gasteiger partial charge on any atom is -0.476 e. The van der Waals surface area contributed by atoms with Crippen molar-refractivity contribution in [1.82, 2.24) is 20.2 Å². The molecule has 2 N–H and O–H groups in total. The third-order valence-electron chi connectivity index (χ3n) is 2.30. The van der Waals surface area contributed by atoms with Crippen LogP contribution in [-0.4, -0.2) is 39.7 Å². The molecule has 0 saturated heterocycles. The summed E-state index contributed by atoms with van der Waals surface area (Å²) < 4.78 is 25.8. The van der Waals surface area contributed by atoms with Crippen LogP contribution in [0.5, 0.6) is 0 Å². The summed E-state index contributed by atoms with van der Waals surface area (Å²) in [6.45, 7) is 3.33. The standard InChI is InChI=1S/C9H9N5O4S2/c1-4-5(2)12-13-9(11-4)14-20(17,18)8-6(7(15)16)10-3-19-8/h3H,1-2H3,(H,15,16)(H,11,13,14). The SMILES string of the molecule is Cc1nnc(NS(=O)(=O)c2scnc2C(=O)O)nc1C. The Hall–Kier alpha value is -2.14. The van der Waals surface area contributed by atoms with Gasteiger partial charge in [-0.3, -0.25) is 0 Å². The molecular formula is C9H9N5O4S2. The first kappa shape index (κ1) is 14.3. The number of thiazole rings is 1. The Kier molecular flexibility index (Phi) is 3.63. The molecular weight excluding hydrogens is 306 g/mol. The Bertz CT molecular complexity index is 770. The molecule has 0 aliphatic rings. The van der Waals surface area contributed by atoms with E-state index in [1.54, 1.807) is 13.8 Å². The van der Waals surface area contributed by atoms with Crippen molar-refractivity contribution in [2.45, 2.75) is 18.1 Å². The van der Waals surface area contributed by atoms with Crippen molar-refractivity contribution in [3.63, 3.8) is 0 Å².